The predicted octanol–water partition coefficient (Wildman–Crippen LogP) is 2.49. The summed E-state index contributed by atoms with van der Waals surface area (Å²) >= 11 is 0. The van der Waals surface area contributed by atoms with Gasteiger partial charge in [-0.05, 0) is 37.0 Å². The summed E-state index contributed by atoms with van der Waals surface area (Å²) in [4.78, 5) is 18.2. The molecule has 0 aliphatic heterocycles. The Bertz CT molecular complexity index is 584. The van der Waals surface area contributed by atoms with Gasteiger partial charge in [0.25, 0.3) is 0 Å². The molecule has 0 saturated heterocycles. The highest BCUT2D eigenvalue weighted by Crippen LogP contribution is 2.28. The van der Waals surface area contributed by atoms with Crippen molar-refractivity contribution in [2.75, 3.05) is 20.3 Å². The Morgan fingerprint density at radius 3 is 2.42 bits per heavy atom. The van der Waals surface area contributed by atoms with E-state index in [1.165, 1.54) is 31.2 Å². The van der Waals surface area contributed by atoms with Crippen molar-refractivity contribution in [3.63, 3.8) is 0 Å². The second kappa shape index (κ2) is 11.9. The van der Waals surface area contributed by atoms with Crippen LogP contribution in [0.15, 0.2) is 30.9 Å². The highest BCUT2D eigenvalue weighted by Gasteiger charge is 2.13. The molecule has 1 aromatic rings. The first-order chi connectivity index (χ1) is 12.5. The van der Waals surface area contributed by atoms with Gasteiger partial charge in [-0.15, -0.1) is 6.58 Å². The number of rotatable bonds is 8. The van der Waals surface area contributed by atoms with Crippen molar-refractivity contribution in [1.29, 1.82) is 0 Å². The Kier molecular flexibility index (Phi) is 9.86. The minimum absolute atomic E-state index is 0.674. The van der Waals surface area contributed by atoms with Crippen molar-refractivity contribution < 1.29 is 29.3 Å². The monoisotopic (exact) mass is 365 g/mol. The van der Waals surface area contributed by atoms with Crippen LogP contribution < -0.4 is 14.8 Å². The summed E-state index contributed by atoms with van der Waals surface area (Å²) in [5, 5.41) is 18.3. The highest BCUT2D eigenvalue weighted by molar-refractivity contribution is 6.27. The first kappa shape index (κ1) is 21.5. The Morgan fingerprint density at radius 2 is 1.88 bits per heavy atom. The molecule has 3 N–H and O–H groups in total. The predicted molar refractivity (Wildman–Crippen MR) is 97.9 cm³/mol. The summed E-state index contributed by atoms with van der Waals surface area (Å²) in [6.45, 7) is 5.32. The fourth-order valence-electron chi connectivity index (χ4n) is 2.68. The molecular formula is C19H27NO6. The lowest BCUT2D eigenvalue weighted by molar-refractivity contribution is -0.159. The molecule has 0 spiro atoms. The van der Waals surface area contributed by atoms with E-state index >= 15 is 0 Å². The maximum atomic E-state index is 9.10. The molecule has 0 bridgehead atoms. The van der Waals surface area contributed by atoms with E-state index in [0.29, 0.717) is 12.6 Å². The van der Waals surface area contributed by atoms with Crippen LogP contribution in [0.5, 0.6) is 11.5 Å². The second-order valence-corrected chi connectivity index (χ2v) is 5.87. The molecule has 1 saturated carbocycles. The van der Waals surface area contributed by atoms with Crippen molar-refractivity contribution in [3.05, 3.63) is 36.4 Å². The number of hydrogen-bond acceptors (Lipinski definition) is 5. The molecule has 1 fully saturated rings. The van der Waals surface area contributed by atoms with Gasteiger partial charge in [-0.25, -0.2) is 9.59 Å². The number of carbonyl (C=O) groups is 2. The van der Waals surface area contributed by atoms with E-state index in [1.807, 2.05) is 18.2 Å². The molecule has 0 aromatic heterocycles. The van der Waals surface area contributed by atoms with E-state index in [9.17, 15) is 0 Å². The number of carboxylic acid groups (broad SMARTS) is 2. The SMILES string of the molecule is C=CCc1ccc(OCCNC2CCCC2)c(OC)c1.O=C(O)C(=O)O. The fourth-order valence-corrected chi connectivity index (χ4v) is 2.68. The third-order valence-corrected chi connectivity index (χ3v) is 3.94. The third kappa shape index (κ3) is 8.02. The Balaban J connectivity index is 0.000000487. The van der Waals surface area contributed by atoms with Gasteiger partial charge in [-0.3, -0.25) is 0 Å². The molecular weight excluding hydrogens is 338 g/mol. The van der Waals surface area contributed by atoms with Crippen LogP contribution in [0.1, 0.15) is 31.2 Å². The average Bonchev–Trinajstić information content (AvgIpc) is 3.13. The van der Waals surface area contributed by atoms with E-state index in [4.69, 9.17) is 29.3 Å². The number of benzene rings is 1. The summed E-state index contributed by atoms with van der Waals surface area (Å²) in [7, 11) is 1.68. The Hall–Kier alpha value is -2.54. The van der Waals surface area contributed by atoms with E-state index in [-0.39, 0.29) is 0 Å². The molecule has 0 unspecified atom stereocenters. The average molecular weight is 365 g/mol. The molecule has 0 heterocycles. The van der Waals surface area contributed by atoms with Crippen LogP contribution in [0, 0.1) is 0 Å². The Morgan fingerprint density at radius 1 is 1.23 bits per heavy atom. The summed E-state index contributed by atoms with van der Waals surface area (Å²) in [5.41, 5.74) is 1.19. The third-order valence-electron chi connectivity index (χ3n) is 3.94. The van der Waals surface area contributed by atoms with Crippen LogP contribution in [0.4, 0.5) is 0 Å². The van der Waals surface area contributed by atoms with Crippen molar-refractivity contribution in [2.45, 2.75) is 38.1 Å². The molecule has 7 nitrogen and oxygen atoms in total. The molecule has 1 aliphatic carbocycles. The molecule has 0 amide bonds. The van der Waals surface area contributed by atoms with Crippen LogP contribution in [-0.4, -0.2) is 48.5 Å². The summed E-state index contributed by atoms with van der Waals surface area (Å²) < 4.78 is 11.2. The highest BCUT2D eigenvalue weighted by atomic mass is 16.5. The zero-order valence-corrected chi connectivity index (χ0v) is 15.1. The lowest BCUT2D eigenvalue weighted by Gasteiger charge is -2.14. The maximum Gasteiger partial charge on any atom is 0.414 e. The maximum absolute atomic E-state index is 9.10. The standard InChI is InChI=1S/C17H25NO2.C2H2O4/c1-3-6-14-9-10-16(17(13-14)19-2)20-12-11-18-15-7-4-5-8-15;3-1(4)2(5)6/h3,9-10,13,15,18H,1,4-8,11-12H2,2H3;(H,3,4)(H,5,6). The molecule has 144 valence electrons. The van der Waals surface area contributed by atoms with Crippen molar-refractivity contribution in [1.82, 2.24) is 5.32 Å². The van der Waals surface area contributed by atoms with Crippen LogP contribution in [-0.2, 0) is 16.0 Å². The van der Waals surface area contributed by atoms with Gasteiger partial charge in [-0.2, -0.15) is 0 Å². The topological polar surface area (TPSA) is 105 Å². The summed E-state index contributed by atoms with van der Waals surface area (Å²) in [5.74, 6) is -2.04. The van der Waals surface area contributed by atoms with Gasteiger partial charge in [0.1, 0.15) is 6.61 Å². The number of hydrogen-bond donors (Lipinski definition) is 3. The largest absolute Gasteiger partial charge is 0.493 e. The minimum atomic E-state index is -1.82. The van der Waals surface area contributed by atoms with E-state index in [1.54, 1.807) is 7.11 Å². The van der Waals surface area contributed by atoms with Crippen LogP contribution >= 0.6 is 0 Å². The van der Waals surface area contributed by atoms with Gasteiger partial charge in [0.15, 0.2) is 11.5 Å². The van der Waals surface area contributed by atoms with E-state index in [0.717, 1.165) is 24.5 Å². The van der Waals surface area contributed by atoms with Gasteiger partial charge in [-0.1, -0.05) is 25.0 Å². The van der Waals surface area contributed by atoms with E-state index in [2.05, 4.69) is 18.0 Å². The van der Waals surface area contributed by atoms with Gasteiger partial charge < -0.3 is 25.0 Å². The quantitative estimate of drug-likeness (QED) is 0.369. The summed E-state index contributed by atoms with van der Waals surface area (Å²) in [6.07, 6.45) is 8.06. The number of aliphatic carboxylic acids is 2. The molecule has 0 atom stereocenters. The Labute approximate surface area is 153 Å². The zero-order valence-electron chi connectivity index (χ0n) is 15.1. The van der Waals surface area contributed by atoms with Crippen molar-refractivity contribution >= 4 is 11.9 Å². The first-order valence-electron chi connectivity index (χ1n) is 8.58. The molecule has 7 heteroatoms. The molecule has 26 heavy (non-hydrogen) atoms. The van der Waals surface area contributed by atoms with Gasteiger partial charge in [0, 0.05) is 12.6 Å². The lowest BCUT2D eigenvalue weighted by atomic mass is 10.1. The summed E-state index contributed by atoms with van der Waals surface area (Å²) in [6, 6.07) is 6.74. The zero-order chi connectivity index (χ0) is 19.4. The number of nitrogens with one attached hydrogen (secondary N) is 1. The van der Waals surface area contributed by atoms with Crippen molar-refractivity contribution in [3.8, 4) is 11.5 Å². The van der Waals surface area contributed by atoms with Crippen molar-refractivity contribution in [2.24, 2.45) is 0 Å². The van der Waals surface area contributed by atoms with Crippen LogP contribution in [0.2, 0.25) is 0 Å². The minimum Gasteiger partial charge on any atom is -0.493 e. The van der Waals surface area contributed by atoms with Gasteiger partial charge in [0.05, 0.1) is 7.11 Å². The van der Waals surface area contributed by atoms with Gasteiger partial charge >= 0.3 is 11.9 Å². The van der Waals surface area contributed by atoms with E-state index < -0.39 is 11.9 Å². The van der Waals surface area contributed by atoms with Crippen LogP contribution in [0.3, 0.4) is 0 Å². The lowest BCUT2D eigenvalue weighted by Crippen LogP contribution is -2.30. The fraction of sp³-hybridized carbons (Fsp3) is 0.474. The molecule has 0 radical (unpaired) electrons. The normalized spacial score (nSPS) is 13.4. The first-order valence-corrected chi connectivity index (χ1v) is 8.58. The number of allylic oxidation sites excluding steroid dienone is 1. The van der Waals surface area contributed by atoms with Crippen LogP contribution in [0.25, 0.3) is 0 Å². The number of carboxylic acids is 2. The van der Waals surface area contributed by atoms with Gasteiger partial charge in [0.2, 0.25) is 0 Å². The molecule has 1 aliphatic rings. The number of ether oxygens (including phenoxy) is 2. The molecule has 1 aromatic carbocycles. The molecule has 2 rings (SSSR count). The number of methoxy groups -OCH3 is 1. The second-order valence-electron chi connectivity index (χ2n) is 5.87. The smallest absolute Gasteiger partial charge is 0.414 e.